The fourth-order valence-corrected chi connectivity index (χ4v) is 3.21. The van der Waals surface area contributed by atoms with Gasteiger partial charge in [-0.05, 0) is 47.9 Å². The number of nitrogens with zero attached hydrogens (tertiary/aromatic N) is 1. The van der Waals surface area contributed by atoms with Crippen LogP contribution in [0.15, 0.2) is 54.7 Å². The van der Waals surface area contributed by atoms with Gasteiger partial charge < -0.3 is 26.2 Å². The highest BCUT2D eigenvalue weighted by Gasteiger charge is 2.31. The quantitative estimate of drug-likeness (QED) is 0.363. The number of pyridine rings is 1. The number of rotatable bonds is 8. The molecule has 0 unspecified atom stereocenters. The molecule has 2 aromatic carbocycles. The van der Waals surface area contributed by atoms with Crippen molar-refractivity contribution in [3.63, 3.8) is 0 Å². The molecule has 0 atom stereocenters. The Morgan fingerprint density at radius 2 is 1.83 bits per heavy atom. The third-order valence-corrected chi connectivity index (χ3v) is 4.92. The van der Waals surface area contributed by atoms with Crippen molar-refractivity contribution in [2.75, 3.05) is 5.32 Å². The standard InChI is InChI=1S/C24H21F3N4O5/c1-13-8-14(2-5-20(13)36-17-6-7-29-19(11-17)22(33)34)12-30-23(35)31-18-10-16(24(25,26)27)4-3-15(18)9-21(28)32/h2-8,10-11H,9,12H2,1H3,(H2,28,32)(H,33,34)(H2,30,31,35). The van der Waals surface area contributed by atoms with Crippen LogP contribution in [-0.2, 0) is 23.9 Å². The lowest BCUT2D eigenvalue weighted by atomic mass is 10.1. The maximum absolute atomic E-state index is 13.1. The summed E-state index contributed by atoms with van der Waals surface area (Å²) in [5.74, 6) is -1.22. The first kappa shape index (κ1) is 26.0. The van der Waals surface area contributed by atoms with Gasteiger partial charge in [-0.2, -0.15) is 13.2 Å². The smallest absolute Gasteiger partial charge is 0.416 e. The van der Waals surface area contributed by atoms with Crippen molar-refractivity contribution in [1.29, 1.82) is 0 Å². The largest absolute Gasteiger partial charge is 0.477 e. The molecular weight excluding hydrogens is 481 g/mol. The Labute approximate surface area is 203 Å². The summed E-state index contributed by atoms with van der Waals surface area (Å²) in [6.45, 7) is 1.78. The summed E-state index contributed by atoms with van der Waals surface area (Å²) in [4.78, 5) is 38.4. The van der Waals surface area contributed by atoms with Crippen LogP contribution in [0.2, 0.25) is 0 Å². The van der Waals surface area contributed by atoms with E-state index >= 15 is 0 Å². The van der Waals surface area contributed by atoms with Gasteiger partial charge in [0, 0.05) is 24.5 Å². The number of primary amides is 1. The second-order valence-corrected chi connectivity index (χ2v) is 7.70. The first-order chi connectivity index (χ1) is 16.9. The number of carboxylic acid groups (broad SMARTS) is 1. The molecule has 0 radical (unpaired) electrons. The fourth-order valence-electron chi connectivity index (χ4n) is 3.21. The van der Waals surface area contributed by atoms with Crippen LogP contribution in [0.5, 0.6) is 11.5 Å². The maximum atomic E-state index is 13.1. The molecule has 0 saturated carbocycles. The number of nitrogens with two attached hydrogens (primary N) is 1. The van der Waals surface area contributed by atoms with Crippen molar-refractivity contribution in [2.45, 2.75) is 26.1 Å². The number of carboxylic acids is 1. The predicted octanol–water partition coefficient (Wildman–Crippen LogP) is 4.25. The van der Waals surface area contributed by atoms with Gasteiger partial charge in [0.25, 0.3) is 0 Å². The molecule has 3 amide bonds. The number of aromatic carboxylic acids is 1. The van der Waals surface area contributed by atoms with Gasteiger partial charge in [-0.25, -0.2) is 14.6 Å². The number of alkyl halides is 3. The van der Waals surface area contributed by atoms with E-state index in [-0.39, 0.29) is 35.7 Å². The van der Waals surface area contributed by atoms with Crippen LogP contribution >= 0.6 is 0 Å². The van der Waals surface area contributed by atoms with Crippen LogP contribution in [0.1, 0.15) is 32.7 Å². The Bertz CT molecular complexity index is 1310. The van der Waals surface area contributed by atoms with E-state index < -0.39 is 29.6 Å². The third kappa shape index (κ3) is 6.95. The number of hydrogen-bond donors (Lipinski definition) is 4. The Morgan fingerprint density at radius 3 is 2.47 bits per heavy atom. The van der Waals surface area contributed by atoms with Crippen LogP contribution < -0.4 is 21.1 Å². The molecule has 3 aromatic rings. The molecular formula is C24H21F3N4O5. The van der Waals surface area contributed by atoms with Crippen molar-refractivity contribution in [3.8, 4) is 11.5 Å². The van der Waals surface area contributed by atoms with E-state index in [1.165, 1.54) is 18.3 Å². The molecule has 0 aliphatic carbocycles. The third-order valence-electron chi connectivity index (χ3n) is 4.92. The molecule has 5 N–H and O–H groups in total. The number of nitrogens with one attached hydrogen (secondary N) is 2. The molecule has 1 heterocycles. The number of ether oxygens (including phenoxy) is 1. The van der Waals surface area contributed by atoms with Crippen molar-refractivity contribution in [3.05, 3.63) is 82.7 Å². The minimum Gasteiger partial charge on any atom is -0.477 e. The molecule has 0 fully saturated rings. The first-order valence-corrected chi connectivity index (χ1v) is 10.4. The topological polar surface area (TPSA) is 144 Å². The van der Waals surface area contributed by atoms with Gasteiger partial charge in [-0.3, -0.25) is 4.79 Å². The number of amides is 3. The Balaban J connectivity index is 1.67. The van der Waals surface area contributed by atoms with E-state index in [4.69, 9.17) is 15.6 Å². The van der Waals surface area contributed by atoms with Crippen molar-refractivity contribution in [1.82, 2.24) is 10.3 Å². The van der Waals surface area contributed by atoms with Gasteiger partial charge >= 0.3 is 18.2 Å². The SMILES string of the molecule is Cc1cc(CNC(=O)Nc2cc(C(F)(F)F)ccc2CC(N)=O)ccc1Oc1ccnc(C(=O)O)c1. The molecule has 188 valence electrons. The van der Waals surface area contributed by atoms with Crippen molar-refractivity contribution < 1.29 is 37.4 Å². The van der Waals surface area contributed by atoms with Crippen LogP contribution in [0.4, 0.5) is 23.7 Å². The number of aryl methyl sites for hydroxylation is 1. The lowest BCUT2D eigenvalue weighted by Gasteiger charge is -2.15. The molecule has 1 aromatic heterocycles. The number of halogens is 3. The van der Waals surface area contributed by atoms with Crippen LogP contribution in [0.25, 0.3) is 0 Å². The second-order valence-electron chi connectivity index (χ2n) is 7.70. The molecule has 9 nitrogen and oxygen atoms in total. The highest BCUT2D eigenvalue weighted by Crippen LogP contribution is 2.32. The minimum absolute atomic E-state index is 0.0372. The second kappa shape index (κ2) is 10.8. The molecule has 3 rings (SSSR count). The Morgan fingerprint density at radius 1 is 1.08 bits per heavy atom. The Hall–Kier alpha value is -4.61. The Kier molecular flexibility index (Phi) is 7.77. The monoisotopic (exact) mass is 502 g/mol. The summed E-state index contributed by atoms with van der Waals surface area (Å²) >= 11 is 0. The van der Waals surface area contributed by atoms with E-state index in [1.807, 2.05) is 0 Å². The number of benzene rings is 2. The lowest BCUT2D eigenvalue weighted by molar-refractivity contribution is -0.137. The molecule has 12 heteroatoms. The number of urea groups is 1. The highest BCUT2D eigenvalue weighted by atomic mass is 19.4. The van der Waals surface area contributed by atoms with E-state index in [0.717, 1.165) is 18.2 Å². The molecule has 0 spiro atoms. The predicted molar refractivity (Wildman–Crippen MR) is 123 cm³/mol. The highest BCUT2D eigenvalue weighted by molar-refractivity contribution is 5.91. The number of anilines is 1. The normalized spacial score (nSPS) is 11.0. The van der Waals surface area contributed by atoms with Gasteiger partial charge in [0.15, 0.2) is 5.69 Å². The van der Waals surface area contributed by atoms with Crippen LogP contribution in [0.3, 0.4) is 0 Å². The van der Waals surface area contributed by atoms with Crippen LogP contribution in [-0.4, -0.2) is 28.0 Å². The van der Waals surface area contributed by atoms with Crippen LogP contribution in [0, 0.1) is 6.92 Å². The summed E-state index contributed by atoms with van der Waals surface area (Å²) in [7, 11) is 0. The van der Waals surface area contributed by atoms with Gasteiger partial charge in [0.1, 0.15) is 11.5 Å². The number of carbonyl (C=O) groups is 3. The molecule has 0 bridgehead atoms. The molecule has 36 heavy (non-hydrogen) atoms. The number of hydrogen-bond acceptors (Lipinski definition) is 5. The summed E-state index contributed by atoms with van der Waals surface area (Å²) < 4.78 is 44.9. The zero-order chi connectivity index (χ0) is 26.5. The zero-order valence-electron chi connectivity index (χ0n) is 18.8. The molecule has 0 aliphatic heterocycles. The molecule has 0 aliphatic rings. The van der Waals surface area contributed by atoms with Crippen molar-refractivity contribution in [2.24, 2.45) is 5.73 Å². The van der Waals surface area contributed by atoms with E-state index in [2.05, 4.69) is 15.6 Å². The average Bonchev–Trinajstić information content (AvgIpc) is 2.79. The zero-order valence-corrected chi connectivity index (χ0v) is 18.8. The van der Waals surface area contributed by atoms with E-state index in [0.29, 0.717) is 16.9 Å². The van der Waals surface area contributed by atoms with Gasteiger partial charge in [0.2, 0.25) is 5.91 Å². The maximum Gasteiger partial charge on any atom is 0.416 e. The number of carbonyl (C=O) groups excluding carboxylic acids is 2. The van der Waals surface area contributed by atoms with E-state index in [9.17, 15) is 27.6 Å². The summed E-state index contributed by atoms with van der Waals surface area (Å²) in [5.41, 5.74) is 5.31. The summed E-state index contributed by atoms with van der Waals surface area (Å²) in [5, 5.41) is 13.9. The average molecular weight is 502 g/mol. The fraction of sp³-hybridized carbons (Fsp3) is 0.167. The van der Waals surface area contributed by atoms with E-state index in [1.54, 1.807) is 25.1 Å². The summed E-state index contributed by atoms with van der Waals surface area (Å²) in [6.07, 6.45) is -3.67. The van der Waals surface area contributed by atoms with Gasteiger partial charge in [-0.1, -0.05) is 18.2 Å². The summed E-state index contributed by atoms with van der Waals surface area (Å²) in [6, 6.07) is 9.65. The minimum atomic E-state index is -4.63. The molecule has 0 saturated heterocycles. The van der Waals surface area contributed by atoms with Crippen molar-refractivity contribution >= 4 is 23.6 Å². The lowest BCUT2D eigenvalue weighted by Crippen LogP contribution is -2.29. The first-order valence-electron chi connectivity index (χ1n) is 10.4. The number of aromatic nitrogens is 1. The van der Waals surface area contributed by atoms with Gasteiger partial charge in [0.05, 0.1) is 12.0 Å². The van der Waals surface area contributed by atoms with Gasteiger partial charge in [-0.15, -0.1) is 0 Å².